The highest BCUT2D eigenvalue weighted by molar-refractivity contribution is 5.24. The number of rotatable bonds is 1. The monoisotopic (exact) mass is 122 g/mol. The SMILES string of the molecule is NCc1[c]cc(O)cc1. The Morgan fingerprint density at radius 2 is 2.33 bits per heavy atom. The minimum absolute atomic E-state index is 0.229. The molecule has 1 aromatic carbocycles. The van der Waals surface area contributed by atoms with E-state index >= 15 is 0 Å². The van der Waals surface area contributed by atoms with E-state index < -0.39 is 0 Å². The summed E-state index contributed by atoms with van der Waals surface area (Å²) in [5.41, 5.74) is 6.20. The number of nitrogens with two attached hydrogens (primary N) is 1. The first-order chi connectivity index (χ1) is 4.33. The zero-order chi connectivity index (χ0) is 6.69. The van der Waals surface area contributed by atoms with E-state index in [1.54, 1.807) is 12.1 Å². The van der Waals surface area contributed by atoms with Crippen molar-refractivity contribution in [1.29, 1.82) is 0 Å². The molecule has 0 bridgehead atoms. The van der Waals surface area contributed by atoms with Crippen molar-refractivity contribution in [2.45, 2.75) is 6.54 Å². The van der Waals surface area contributed by atoms with Crippen LogP contribution in [-0.2, 0) is 6.54 Å². The Kier molecular flexibility index (Phi) is 1.70. The molecule has 0 aliphatic heterocycles. The predicted octanol–water partition coefficient (Wildman–Crippen LogP) is 0.651. The first kappa shape index (κ1) is 6.11. The highest BCUT2D eigenvalue weighted by Crippen LogP contribution is 2.07. The van der Waals surface area contributed by atoms with Gasteiger partial charge in [-0.15, -0.1) is 0 Å². The Morgan fingerprint density at radius 1 is 1.56 bits per heavy atom. The summed E-state index contributed by atoms with van der Waals surface area (Å²) in [4.78, 5) is 0. The van der Waals surface area contributed by atoms with Crippen LogP contribution in [0.25, 0.3) is 0 Å². The van der Waals surface area contributed by atoms with Crippen LogP contribution >= 0.6 is 0 Å². The number of hydrogen-bond acceptors (Lipinski definition) is 2. The quantitative estimate of drug-likeness (QED) is 0.574. The summed E-state index contributed by atoms with van der Waals surface area (Å²) in [6.07, 6.45) is 0. The molecule has 0 unspecified atom stereocenters. The Bertz CT molecular complexity index is 181. The summed E-state index contributed by atoms with van der Waals surface area (Å²) in [5, 5.41) is 8.78. The van der Waals surface area contributed by atoms with Crippen LogP contribution in [-0.4, -0.2) is 5.11 Å². The van der Waals surface area contributed by atoms with Crippen molar-refractivity contribution < 1.29 is 5.11 Å². The zero-order valence-electron chi connectivity index (χ0n) is 4.96. The number of phenolic OH excluding ortho intramolecular Hbond substituents is 1. The highest BCUT2D eigenvalue weighted by atomic mass is 16.3. The molecule has 1 aromatic rings. The fourth-order valence-corrected chi connectivity index (χ4v) is 0.576. The molecular formula is C7H8NO. The van der Waals surface area contributed by atoms with Crippen molar-refractivity contribution in [3.05, 3.63) is 29.8 Å². The molecule has 3 N–H and O–H groups in total. The molecule has 0 heterocycles. The lowest BCUT2D eigenvalue weighted by Gasteiger charge is -1.93. The summed E-state index contributed by atoms with van der Waals surface area (Å²) < 4.78 is 0. The third-order valence-electron chi connectivity index (χ3n) is 1.08. The van der Waals surface area contributed by atoms with Crippen molar-refractivity contribution in [3.63, 3.8) is 0 Å². The summed E-state index contributed by atoms with van der Waals surface area (Å²) in [6, 6.07) is 7.65. The smallest absolute Gasteiger partial charge is 0.116 e. The minimum Gasteiger partial charge on any atom is -0.508 e. The van der Waals surface area contributed by atoms with Crippen LogP contribution in [0.3, 0.4) is 0 Å². The van der Waals surface area contributed by atoms with Gasteiger partial charge in [-0.3, -0.25) is 0 Å². The van der Waals surface area contributed by atoms with Crippen molar-refractivity contribution in [2.75, 3.05) is 0 Å². The molecule has 0 aliphatic rings. The molecular weight excluding hydrogens is 114 g/mol. The average Bonchev–Trinajstić information content (AvgIpc) is 1.90. The van der Waals surface area contributed by atoms with Crippen LogP contribution in [0.5, 0.6) is 5.75 Å². The van der Waals surface area contributed by atoms with Crippen molar-refractivity contribution >= 4 is 0 Å². The lowest BCUT2D eigenvalue weighted by atomic mass is 10.2. The van der Waals surface area contributed by atoms with Crippen LogP contribution in [0.15, 0.2) is 18.2 Å². The van der Waals surface area contributed by atoms with E-state index in [1.807, 2.05) is 0 Å². The Morgan fingerprint density at radius 3 is 2.78 bits per heavy atom. The second-order valence-electron chi connectivity index (χ2n) is 1.78. The first-order valence-corrected chi connectivity index (χ1v) is 2.72. The van der Waals surface area contributed by atoms with Gasteiger partial charge in [0.15, 0.2) is 0 Å². The number of hydrogen-bond donors (Lipinski definition) is 2. The maximum atomic E-state index is 8.78. The second-order valence-corrected chi connectivity index (χ2v) is 1.78. The molecule has 1 radical (unpaired) electrons. The summed E-state index contributed by atoms with van der Waals surface area (Å²) in [6.45, 7) is 0.472. The fourth-order valence-electron chi connectivity index (χ4n) is 0.576. The highest BCUT2D eigenvalue weighted by Gasteiger charge is 1.87. The van der Waals surface area contributed by atoms with E-state index in [0.717, 1.165) is 5.56 Å². The van der Waals surface area contributed by atoms with Gasteiger partial charge in [-0.1, -0.05) is 6.07 Å². The largest absolute Gasteiger partial charge is 0.508 e. The van der Waals surface area contributed by atoms with Crippen LogP contribution in [0.2, 0.25) is 0 Å². The van der Waals surface area contributed by atoms with Crippen LogP contribution in [0.1, 0.15) is 5.56 Å². The van der Waals surface area contributed by atoms with Gasteiger partial charge in [-0.05, 0) is 23.8 Å². The molecule has 0 atom stereocenters. The Balaban J connectivity index is 2.88. The molecule has 0 saturated heterocycles. The number of benzene rings is 1. The number of aromatic hydroxyl groups is 1. The third kappa shape index (κ3) is 1.44. The number of phenols is 1. The van der Waals surface area contributed by atoms with E-state index in [-0.39, 0.29) is 5.75 Å². The van der Waals surface area contributed by atoms with Crippen LogP contribution in [0.4, 0.5) is 0 Å². The molecule has 0 amide bonds. The van der Waals surface area contributed by atoms with Gasteiger partial charge in [0.2, 0.25) is 0 Å². The summed E-state index contributed by atoms with van der Waals surface area (Å²) >= 11 is 0. The first-order valence-electron chi connectivity index (χ1n) is 2.72. The normalized spacial score (nSPS) is 9.44. The van der Waals surface area contributed by atoms with Crippen molar-refractivity contribution in [3.8, 4) is 5.75 Å². The van der Waals surface area contributed by atoms with Crippen LogP contribution in [0, 0.1) is 6.07 Å². The molecule has 2 heteroatoms. The molecule has 0 aliphatic carbocycles. The molecule has 0 saturated carbocycles. The van der Waals surface area contributed by atoms with Gasteiger partial charge in [-0.2, -0.15) is 0 Å². The van der Waals surface area contributed by atoms with Gasteiger partial charge in [0.1, 0.15) is 5.75 Å². The van der Waals surface area contributed by atoms with E-state index in [9.17, 15) is 0 Å². The fraction of sp³-hybridized carbons (Fsp3) is 0.143. The van der Waals surface area contributed by atoms with Gasteiger partial charge in [0.05, 0.1) is 0 Å². The lowest BCUT2D eigenvalue weighted by molar-refractivity contribution is 0.475. The Labute approximate surface area is 53.9 Å². The van der Waals surface area contributed by atoms with Crippen LogP contribution < -0.4 is 5.73 Å². The summed E-state index contributed by atoms with van der Waals surface area (Å²) in [7, 11) is 0. The van der Waals surface area contributed by atoms with Gasteiger partial charge >= 0.3 is 0 Å². The lowest BCUT2D eigenvalue weighted by Crippen LogP contribution is -1.94. The molecule has 0 aromatic heterocycles. The third-order valence-corrected chi connectivity index (χ3v) is 1.08. The molecule has 0 fully saturated rings. The molecule has 1 rings (SSSR count). The Hall–Kier alpha value is -1.02. The van der Waals surface area contributed by atoms with Gasteiger partial charge in [-0.25, -0.2) is 0 Å². The molecule has 47 valence electrons. The summed E-state index contributed by atoms with van der Waals surface area (Å²) in [5.74, 6) is 0.229. The van der Waals surface area contributed by atoms with Crippen molar-refractivity contribution in [1.82, 2.24) is 0 Å². The maximum absolute atomic E-state index is 8.78. The standard InChI is InChI=1S/C7H8NO/c8-5-6-1-3-7(9)4-2-6/h1,3-4,9H,5,8H2. The van der Waals surface area contributed by atoms with E-state index in [0.29, 0.717) is 6.54 Å². The minimum atomic E-state index is 0.229. The maximum Gasteiger partial charge on any atom is 0.116 e. The molecule has 9 heavy (non-hydrogen) atoms. The second kappa shape index (κ2) is 2.51. The topological polar surface area (TPSA) is 46.2 Å². The van der Waals surface area contributed by atoms with Gasteiger partial charge in [0.25, 0.3) is 0 Å². The van der Waals surface area contributed by atoms with Crippen molar-refractivity contribution in [2.24, 2.45) is 5.73 Å². The van der Waals surface area contributed by atoms with E-state index in [2.05, 4.69) is 6.07 Å². The van der Waals surface area contributed by atoms with E-state index in [4.69, 9.17) is 10.8 Å². The average molecular weight is 122 g/mol. The molecule has 0 spiro atoms. The molecule has 2 nitrogen and oxygen atoms in total. The zero-order valence-corrected chi connectivity index (χ0v) is 4.96. The van der Waals surface area contributed by atoms with Gasteiger partial charge < -0.3 is 10.8 Å². The van der Waals surface area contributed by atoms with Gasteiger partial charge in [0, 0.05) is 6.54 Å². The van der Waals surface area contributed by atoms with E-state index in [1.165, 1.54) is 6.07 Å². The predicted molar refractivity (Wildman–Crippen MR) is 34.8 cm³/mol.